The molecule has 0 radical (unpaired) electrons. The molecule has 1 saturated carbocycles. The van der Waals surface area contributed by atoms with Crippen LogP contribution in [-0.2, 0) is 17.8 Å². The molecule has 1 aromatic heterocycles. The fraction of sp³-hybridized carbons (Fsp3) is 0.412. The maximum atomic E-state index is 13.0. The summed E-state index contributed by atoms with van der Waals surface area (Å²) < 4.78 is 31.7. The predicted octanol–water partition coefficient (Wildman–Crippen LogP) is 3.27. The molecule has 4 nitrogen and oxygen atoms in total. The van der Waals surface area contributed by atoms with Crippen LogP contribution in [0.3, 0.4) is 0 Å². The summed E-state index contributed by atoms with van der Waals surface area (Å²) in [6.07, 6.45) is 0.327. The molecular weight excluding hydrogens is 302 g/mol. The molecule has 2 heterocycles. The SMILES string of the molecule is O=C(CC1CC1(F)F)N1CCc2oc(-c3ccccc3)nc2C1. The largest absolute Gasteiger partial charge is 0.441 e. The fourth-order valence-electron chi connectivity index (χ4n) is 2.95. The van der Waals surface area contributed by atoms with Crippen LogP contribution in [0.5, 0.6) is 0 Å². The highest BCUT2D eigenvalue weighted by Gasteiger charge is 2.57. The number of oxazole rings is 1. The maximum absolute atomic E-state index is 13.0. The minimum Gasteiger partial charge on any atom is -0.441 e. The first-order valence-corrected chi connectivity index (χ1v) is 7.72. The van der Waals surface area contributed by atoms with Crippen LogP contribution < -0.4 is 0 Å². The Kier molecular flexibility index (Phi) is 3.21. The van der Waals surface area contributed by atoms with E-state index in [1.165, 1.54) is 0 Å². The van der Waals surface area contributed by atoms with Crippen LogP contribution in [0.25, 0.3) is 11.5 Å². The van der Waals surface area contributed by atoms with E-state index in [1.54, 1.807) is 4.90 Å². The minimum absolute atomic E-state index is 0.0777. The van der Waals surface area contributed by atoms with Crippen molar-refractivity contribution in [2.45, 2.75) is 31.7 Å². The van der Waals surface area contributed by atoms with E-state index < -0.39 is 11.8 Å². The number of hydrogen-bond acceptors (Lipinski definition) is 3. The number of hydrogen-bond donors (Lipinski definition) is 0. The molecule has 1 aromatic carbocycles. The van der Waals surface area contributed by atoms with E-state index in [2.05, 4.69) is 4.98 Å². The summed E-state index contributed by atoms with van der Waals surface area (Å²) >= 11 is 0. The van der Waals surface area contributed by atoms with Gasteiger partial charge in [-0.2, -0.15) is 0 Å². The van der Waals surface area contributed by atoms with Crippen LogP contribution >= 0.6 is 0 Å². The molecule has 0 spiro atoms. The van der Waals surface area contributed by atoms with Gasteiger partial charge in [0, 0.05) is 37.3 Å². The van der Waals surface area contributed by atoms with Crippen LogP contribution in [0.4, 0.5) is 8.78 Å². The Morgan fingerprint density at radius 2 is 2.09 bits per heavy atom. The molecule has 1 unspecified atom stereocenters. The second kappa shape index (κ2) is 5.15. The van der Waals surface area contributed by atoms with Gasteiger partial charge in [-0.3, -0.25) is 4.79 Å². The fourth-order valence-corrected chi connectivity index (χ4v) is 2.95. The van der Waals surface area contributed by atoms with Gasteiger partial charge < -0.3 is 9.32 Å². The molecule has 1 atom stereocenters. The van der Waals surface area contributed by atoms with Gasteiger partial charge in [-0.15, -0.1) is 0 Å². The van der Waals surface area contributed by atoms with Gasteiger partial charge in [-0.05, 0) is 12.1 Å². The molecule has 1 fully saturated rings. The number of fused-ring (bicyclic) bond motifs is 1. The summed E-state index contributed by atoms with van der Waals surface area (Å²) in [6, 6.07) is 9.56. The van der Waals surface area contributed by atoms with Crippen molar-refractivity contribution in [2.75, 3.05) is 6.54 Å². The Morgan fingerprint density at radius 1 is 1.35 bits per heavy atom. The topological polar surface area (TPSA) is 46.3 Å². The van der Waals surface area contributed by atoms with Crippen LogP contribution in [0, 0.1) is 5.92 Å². The third-order valence-corrected chi connectivity index (χ3v) is 4.48. The third kappa shape index (κ3) is 2.73. The molecule has 0 N–H and O–H groups in total. The summed E-state index contributed by atoms with van der Waals surface area (Å²) in [6.45, 7) is 0.830. The number of nitrogens with zero attached hydrogens (tertiary/aromatic N) is 2. The molecule has 4 rings (SSSR count). The van der Waals surface area contributed by atoms with E-state index >= 15 is 0 Å². The van der Waals surface area contributed by atoms with Gasteiger partial charge in [0.25, 0.3) is 5.92 Å². The molecule has 1 amide bonds. The predicted molar refractivity (Wildman–Crippen MR) is 78.7 cm³/mol. The molecule has 23 heavy (non-hydrogen) atoms. The Hall–Kier alpha value is -2.24. The van der Waals surface area contributed by atoms with Crippen molar-refractivity contribution < 1.29 is 18.0 Å². The summed E-state index contributed by atoms with van der Waals surface area (Å²) in [5, 5.41) is 0. The number of carbonyl (C=O) groups is 1. The van der Waals surface area contributed by atoms with Crippen molar-refractivity contribution in [3.8, 4) is 11.5 Å². The van der Waals surface area contributed by atoms with E-state index in [1.807, 2.05) is 30.3 Å². The highest BCUT2D eigenvalue weighted by Crippen LogP contribution is 2.50. The lowest BCUT2D eigenvalue weighted by molar-refractivity contribution is -0.133. The summed E-state index contributed by atoms with van der Waals surface area (Å²) in [4.78, 5) is 18.2. The zero-order chi connectivity index (χ0) is 16.0. The number of halogens is 2. The lowest BCUT2D eigenvalue weighted by Crippen LogP contribution is -2.36. The van der Waals surface area contributed by atoms with Crippen molar-refractivity contribution >= 4 is 5.91 Å². The Balaban J connectivity index is 1.47. The van der Waals surface area contributed by atoms with Gasteiger partial charge in [0.1, 0.15) is 11.5 Å². The quantitative estimate of drug-likeness (QED) is 0.872. The number of amides is 1. The first-order chi connectivity index (χ1) is 11.0. The summed E-state index contributed by atoms with van der Waals surface area (Å²) in [5.41, 5.74) is 1.61. The first kappa shape index (κ1) is 14.4. The lowest BCUT2D eigenvalue weighted by Gasteiger charge is -2.25. The zero-order valence-electron chi connectivity index (χ0n) is 12.5. The highest BCUT2D eigenvalue weighted by atomic mass is 19.3. The van der Waals surface area contributed by atoms with Gasteiger partial charge in [0.15, 0.2) is 0 Å². The van der Waals surface area contributed by atoms with Crippen molar-refractivity contribution in [1.29, 1.82) is 0 Å². The first-order valence-electron chi connectivity index (χ1n) is 7.72. The molecule has 1 aliphatic heterocycles. The molecule has 1 aliphatic carbocycles. The Morgan fingerprint density at radius 3 is 2.78 bits per heavy atom. The van der Waals surface area contributed by atoms with Gasteiger partial charge in [0.05, 0.1) is 6.54 Å². The van der Waals surface area contributed by atoms with Gasteiger partial charge in [-0.1, -0.05) is 18.2 Å². The molecule has 0 bridgehead atoms. The van der Waals surface area contributed by atoms with E-state index in [9.17, 15) is 13.6 Å². The maximum Gasteiger partial charge on any atom is 0.252 e. The number of aromatic nitrogens is 1. The Labute approximate surface area is 132 Å². The summed E-state index contributed by atoms with van der Waals surface area (Å²) in [5.74, 6) is -2.33. The van der Waals surface area contributed by atoms with E-state index in [0.717, 1.165) is 17.0 Å². The average molecular weight is 318 g/mol. The number of benzene rings is 1. The molecular formula is C17H16F2N2O2. The zero-order valence-corrected chi connectivity index (χ0v) is 12.5. The van der Waals surface area contributed by atoms with Gasteiger partial charge >= 0.3 is 0 Å². The van der Waals surface area contributed by atoms with Crippen LogP contribution in [-0.4, -0.2) is 28.3 Å². The highest BCUT2D eigenvalue weighted by molar-refractivity contribution is 5.77. The van der Waals surface area contributed by atoms with E-state index in [-0.39, 0.29) is 18.7 Å². The van der Waals surface area contributed by atoms with Crippen molar-refractivity contribution in [3.05, 3.63) is 41.8 Å². The minimum atomic E-state index is -2.65. The monoisotopic (exact) mass is 318 g/mol. The Bertz CT molecular complexity index is 742. The van der Waals surface area contributed by atoms with Gasteiger partial charge in [0.2, 0.25) is 11.8 Å². The molecule has 0 saturated heterocycles. The van der Waals surface area contributed by atoms with Gasteiger partial charge in [-0.25, -0.2) is 13.8 Å². The van der Waals surface area contributed by atoms with Crippen LogP contribution in [0.2, 0.25) is 0 Å². The van der Waals surface area contributed by atoms with Crippen molar-refractivity contribution in [1.82, 2.24) is 9.88 Å². The van der Waals surface area contributed by atoms with Crippen LogP contribution in [0.15, 0.2) is 34.7 Å². The number of carbonyl (C=O) groups excluding carboxylic acids is 1. The normalized spacial score (nSPS) is 21.8. The number of alkyl halides is 2. The standard InChI is InChI=1S/C17H16F2N2O2/c18-17(19)9-12(17)8-15(22)21-7-6-14-13(10-21)20-16(23-14)11-4-2-1-3-5-11/h1-5,12H,6-10H2. The smallest absolute Gasteiger partial charge is 0.252 e. The summed E-state index contributed by atoms with van der Waals surface area (Å²) in [7, 11) is 0. The average Bonchev–Trinajstić information content (AvgIpc) is 2.98. The molecule has 2 aliphatic rings. The second-order valence-electron chi connectivity index (χ2n) is 6.19. The molecule has 6 heteroatoms. The third-order valence-electron chi connectivity index (χ3n) is 4.48. The number of rotatable bonds is 3. The molecule has 120 valence electrons. The van der Waals surface area contributed by atoms with Crippen LogP contribution in [0.1, 0.15) is 24.3 Å². The van der Waals surface area contributed by atoms with Crippen molar-refractivity contribution in [2.24, 2.45) is 5.92 Å². The van der Waals surface area contributed by atoms with Crippen molar-refractivity contribution in [3.63, 3.8) is 0 Å². The van der Waals surface area contributed by atoms with E-state index in [4.69, 9.17) is 4.42 Å². The van der Waals surface area contributed by atoms with E-state index in [0.29, 0.717) is 25.4 Å². The second-order valence-corrected chi connectivity index (χ2v) is 6.19. The molecule has 2 aromatic rings. The lowest BCUT2D eigenvalue weighted by atomic mass is 10.1.